The van der Waals surface area contributed by atoms with E-state index in [-0.39, 0.29) is 12.0 Å². The van der Waals surface area contributed by atoms with Crippen LogP contribution in [0.4, 0.5) is 0 Å². The van der Waals surface area contributed by atoms with Crippen molar-refractivity contribution in [1.82, 2.24) is 14.7 Å². The molecular weight excluding hydrogens is 314 g/mol. The van der Waals surface area contributed by atoms with E-state index in [0.29, 0.717) is 24.6 Å². The fourth-order valence-corrected chi connectivity index (χ4v) is 3.38. The zero-order chi connectivity index (χ0) is 15.8. The van der Waals surface area contributed by atoms with Crippen LogP contribution in [-0.2, 0) is 0 Å². The number of para-hydroxylation sites is 2. The highest BCUT2D eigenvalue weighted by atomic mass is 32.1. The van der Waals surface area contributed by atoms with Gasteiger partial charge in [0.05, 0.1) is 12.2 Å². The van der Waals surface area contributed by atoms with E-state index in [4.69, 9.17) is 9.47 Å². The lowest BCUT2D eigenvalue weighted by atomic mass is 10.2. The summed E-state index contributed by atoms with van der Waals surface area (Å²) in [6, 6.07) is 7.53. The van der Waals surface area contributed by atoms with E-state index in [2.05, 4.69) is 10.3 Å². The Morgan fingerprint density at radius 2 is 2.26 bits per heavy atom. The lowest BCUT2D eigenvalue weighted by Gasteiger charge is -2.26. The topological polar surface area (TPSA) is 64.9 Å². The van der Waals surface area contributed by atoms with Crippen molar-refractivity contribution in [2.45, 2.75) is 13.0 Å². The number of hydrogen-bond acceptors (Lipinski definition) is 5. The minimum absolute atomic E-state index is 0.157. The molecule has 23 heavy (non-hydrogen) atoms. The van der Waals surface area contributed by atoms with Gasteiger partial charge >= 0.3 is 0 Å². The fraction of sp³-hybridized carbons (Fsp3) is 0.250. The quantitative estimate of drug-likeness (QED) is 0.801. The van der Waals surface area contributed by atoms with Crippen molar-refractivity contribution in [2.24, 2.45) is 0 Å². The first-order chi connectivity index (χ1) is 11.2. The summed E-state index contributed by atoms with van der Waals surface area (Å²) in [5.74, 6) is 1.29. The van der Waals surface area contributed by atoms with Crippen molar-refractivity contribution in [3.8, 4) is 11.5 Å². The summed E-state index contributed by atoms with van der Waals surface area (Å²) in [5, 5.41) is 4.82. The predicted octanol–water partition coefficient (Wildman–Crippen LogP) is 2.27. The van der Waals surface area contributed by atoms with Crippen LogP contribution in [0.2, 0.25) is 0 Å². The lowest BCUT2D eigenvalue weighted by molar-refractivity contribution is 0.0785. The predicted molar refractivity (Wildman–Crippen MR) is 86.5 cm³/mol. The van der Waals surface area contributed by atoms with Crippen molar-refractivity contribution in [3.05, 3.63) is 47.2 Å². The standard InChI is InChI=1S/C16H15N3O3S/c1-10-14(19-6-7-23-16(19)18-10)15(20)17-8-11-9-21-12-4-2-3-5-13(12)22-11/h2-7,11H,8-9H2,1H3,(H,17,20)/t11-/m0/s1. The van der Waals surface area contributed by atoms with E-state index in [0.717, 1.165) is 16.4 Å². The normalized spacial score (nSPS) is 16.5. The molecule has 0 fully saturated rings. The van der Waals surface area contributed by atoms with Gasteiger partial charge in [-0.2, -0.15) is 0 Å². The largest absolute Gasteiger partial charge is 0.486 e. The summed E-state index contributed by atoms with van der Waals surface area (Å²) in [5.41, 5.74) is 1.29. The average molecular weight is 329 g/mol. The number of nitrogens with one attached hydrogen (secondary N) is 1. The number of thiazole rings is 1. The second kappa shape index (κ2) is 5.58. The van der Waals surface area contributed by atoms with E-state index in [1.807, 2.05) is 47.2 Å². The molecule has 2 aromatic heterocycles. The molecule has 1 N–H and O–H groups in total. The molecule has 0 radical (unpaired) electrons. The number of nitrogens with zero attached hydrogens (tertiary/aromatic N) is 2. The Hall–Kier alpha value is -2.54. The van der Waals surface area contributed by atoms with Crippen LogP contribution < -0.4 is 14.8 Å². The minimum atomic E-state index is -0.208. The van der Waals surface area contributed by atoms with Gasteiger partial charge in [0.1, 0.15) is 18.4 Å². The van der Waals surface area contributed by atoms with Crippen LogP contribution >= 0.6 is 11.3 Å². The molecule has 0 bridgehead atoms. The molecule has 118 valence electrons. The number of aromatic nitrogens is 2. The average Bonchev–Trinajstić information content (AvgIpc) is 3.12. The summed E-state index contributed by atoms with van der Waals surface area (Å²) in [6.45, 7) is 2.63. The summed E-state index contributed by atoms with van der Waals surface area (Å²) in [6.07, 6.45) is 1.64. The molecule has 0 spiro atoms. The molecule has 6 nitrogen and oxygen atoms in total. The fourth-order valence-electron chi connectivity index (χ4n) is 2.62. The number of carbonyl (C=O) groups is 1. The zero-order valence-corrected chi connectivity index (χ0v) is 13.3. The Balaban J connectivity index is 1.44. The molecular formula is C16H15N3O3S. The number of imidazole rings is 1. The van der Waals surface area contributed by atoms with Gasteiger partial charge in [0.15, 0.2) is 16.5 Å². The maximum atomic E-state index is 12.5. The third-order valence-electron chi connectivity index (χ3n) is 3.71. The van der Waals surface area contributed by atoms with Crippen molar-refractivity contribution < 1.29 is 14.3 Å². The van der Waals surface area contributed by atoms with Crippen LogP contribution in [0.5, 0.6) is 11.5 Å². The number of amides is 1. The highest BCUT2D eigenvalue weighted by Gasteiger charge is 2.23. The third kappa shape index (κ3) is 2.53. The molecule has 3 aromatic rings. The van der Waals surface area contributed by atoms with Crippen molar-refractivity contribution in [2.75, 3.05) is 13.2 Å². The van der Waals surface area contributed by atoms with E-state index < -0.39 is 0 Å². The summed E-state index contributed by atoms with van der Waals surface area (Å²) >= 11 is 1.51. The lowest BCUT2D eigenvalue weighted by Crippen LogP contribution is -2.41. The maximum absolute atomic E-state index is 12.5. The molecule has 1 atom stereocenters. The Morgan fingerprint density at radius 3 is 3.13 bits per heavy atom. The van der Waals surface area contributed by atoms with Crippen LogP contribution in [0.15, 0.2) is 35.8 Å². The third-order valence-corrected chi connectivity index (χ3v) is 4.47. The van der Waals surface area contributed by atoms with Crippen LogP contribution in [-0.4, -0.2) is 34.5 Å². The second-order valence-corrected chi connectivity index (χ2v) is 6.18. The smallest absolute Gasteiger partial charge is 0.270 e. The van der Waals surface area contributed by atoms with Crippen molar-refractivity contribution in [3.63, 3.8) is 0 Å². The maximum Gasteiger partial charge on any atom is 0.270 e. The Kier molecular flexibility index (Phi) is 3.42. The van der Waals surface area contributed by atoms with Gasteiger partial charge in [-0.1, -0.05) is 12.1 Å². The number of aryl methyl sites for hydroxylation is 1. The van der Waals surface area contributed by atoms with Crippen LogP contribution in [0.25, 0.3) is 4.96 Å². The molecule has 1 amide bonds. The molecule has 7 heteroatoms. The molecule has 3 heterocycles. The molecule has 1 aliphatic rings. The minimum Gasteiger partial charge on any atom is -0.486 e. The van der Waals surface area contributed by atoms with Gasteiger partial charge in [0, 0.05) is 11.6 Å². The Labute approximate surface area is 136 Å². The Morgan fingerprint density at radius 1 is 1.43 bits per heavy atom. The molecule has 0 saturated heterocycles. The van der Waals surface area contributed by atoms with E-state index in [1.54, 1.807) is 0 Å². The second-order valence-electron chi connectivity index (χ2n) is 5.31. The van der Waals surface area contributed by atoms with Crippen LogP contribution in [0.1, 0.15) is 16.2 Å². The van der Waals surface area contributed by atoms with Gasteiger partial charge in [-0.15, -0.1) is 11.3 Å². The van der Waals surface area contributed by atoms with Crippen LogP contribution in [0.3, 0.4) is 0 Å². The van der Waals surface area contributed by atoms with Gasteiger partial charge in [0.25, 0.3) is 5.91 Å². The summed E-state index contributed by atoms with van der Waals surface area (Å²) < 4.78 is 13.3. The van der Waals surface area contributed by atoms with Crippen molar-refractivity contribution >= 4 is 22.2 Å². The summed E-state index contributed by atoms with van der Waals surface area (Å²) in [7, 11) is 0. The number of carbonyl (C=O) groups excluding carboxylic acids is 1. The zero-order valence-electron chi connectivity index (χ0n) is 12.5. The molecule has 0 aliphatic carbocycles. The van der Waals surface area contributed by atoms with Gasteiger partial charge < -0.3 is 14.8 Å². The van der Waals surface area contributed by atoms with Gasteiger partial charge in [-0.25, -0.2) is 4.98 Å². The highest BCUT2D eigenvalue weighted by Crippen LogP contribution is 2.30. The van der Waals surface area contributed by atoms with Gasteiger partial charge in [-0.05, 0) is 19.1 Å². The molecule has 0 saturated carbocycles. The number of rotatable bonds is 3. The number of hydrogen-bond donors (Lipinski definition) is 1. The SMILES string of the molecule is Cc1nc2sccn2c1C(=O)NC[C@H]1COc2ccccc2O1. The first kappa shape index (κ1) is 14.1. The molecule has 4 rings (SSSR count). The summed E-state index contributed by atoms with van der Waals surface area (Å²) in [4.78, 5) is 17.7. The Bertz CT molecular complexity index is 870. The monoisotopic (exact) mass is 329 g/mol. The number of fused-ring (bicyclic) bond motifs is 2. The van der Waals surface area contributed by atoms with E-state index >= 15 is 0 Å². The number of benzene rings is 1. The van der Waals surface area contributed by atoms with Crippen molar-refractivity contribution in [1.29, 1.82) is 0 Å². The van der Waals surface area contributed by atoms with Gasteiger partial charge in [-0.3, -0.25) is 9.20 Å². The van der Waals surface area contributed by atoms with Crippen LogP contribution in [0, 0.1) is 6.92 Å². The molecule has 1 aromatic carbocycles. The first-order valence-corrected chi connectivity index (χ1v) is 8.19. The molecule has 0 unspecified atom stereocenters. The highest BCUT2D eigenvalue weighted by molar-refractivity contribution is 7.15. The van der Waals surface area contributed by atoms with E-state index in [1.165, 1.54) is 11.3 Å². The van der Waals surface area contributed by atoms with Gasteiger partial charge in [0.2, 0.25) is 0 Å². The number of ether oxygens (including phenoxy) is 2. The molecule has 1 aliphatic heterocycles. The van der Waals surface area contributed by atoms with E-state index in [9.17, 15) is 4.79 Å². The first-order valence-electron chi connectivity index (χ1n) is 7.31.